The Labute approximate surface area is 90.4 Å². The number of aromatic hydroxyl groups is 1. The predicted octanol–water partition coefficient (Wildman–Crippen LogP) is -2.37. The van der Waals surface area contributed by atoms with Gasteiger partial charge in [0.15, 0.2) is 0 Å². The van der Waals surface area contributed by atoms with Crippen molar-refractivity contribution >= 4 is 11.9 Å². The lowest BCUT2D eigenvalue weighted by atomic mass is 10.2. The molecule has 0 saturated carbocycles. The van der Waals surface area contributed by atoms with Gasteiger partial charge in [-0.25, -0.2) is 0 Å². The van der Waals surface area contributed by atoms with E-state index in [0.29, 0.717) is 0 Å². The highest BCUT2D eigenvalue weighted by molar-refractivity contribution is 5.96. The number of nitrogens with one attached hydrogen (secondary N) is 1. The summed E-state index contributed by atoms with van der Waals surface area (Å²) in [4.78, 5) is 25.4. The van der Waals surface area contributed by atoms with Gasteiger partial charge in [0.25, 0.3) is 5.91 Å². The number of carboxylic acid groups (broad SMARTS) is 1. The summed E-state index contributed by atoms with van der Waals surface area (Å²) in [6.07, 6.45) is 2.28. The van der Waals surface area contributed by atoms with E-state index in [2.05, 4.69) is 4.98 Å². The third kappa shape index (κ3) is 2.92. The Morgan fingerprint density at radius 1 is 1.50 bits per heavy atom. The van der Waals surface area contributed by atoms with Crippen LogP contribution < -0.4 is 10.4 Å². The molecule has 1 aromatic heterocycles. The van der Waals surface area contributed by atoms with E-state index in [0.717, 1.165) is 18.5 Å². The molecule has 0 saturated heterocycles. The van der Waals surface area contributed by atoms with Crippen LogP contribution in [0.15, 0.2) is 18.5 Å². The van der Waals surface area contributed by atoms with Crippen LogP contribution in [0.3, 0.4) is 0 Å². The topological polar surface area (TPSA) is 123 Å². The lowest BCUT2D eigenvalue weighted by Crippen LogP contribution is -2.50. The van der Waals surface area contributed by atoms with E-state index in [4.69, 9.17) is 10.2 Å². The zero-order chi connectivity index (χ0) is 12.1. The smallest absolute Gasteiger partial charge is 0.253 e. The predicted molar refractivity (Wildman–Crippen MR) is 49.2 cm³/mol. The Hall–Kier alpha value is -2.15. The monoisotopic (exact) mass is 225 g/mol. The molecule has 1 rings (SSSR count). The minimum atomic E-state index is -1.59. The Kier molecular flexibility index (Phi) is 3.78. The van der Waals surface area contributed by atoms with Crippen LogP contribution in [0.2, 0.25) is 0 Å². The number of nitrogens with zero attached hydrogens (tertiary/aromatic N) is 1. The minimum Gasteiger partial charge on any atom is -0.548 e. The molecule has 3 N–H and O–H groups in total. The van der Waals surface area contributed by atoms with Crippen molar-refractivity contribution in [2.24, 2.45) is 0 Å². The number of carbonyl (C=O) groups is 2. The number of amides is 1. The average Bonchev–Trinajstić information content (AvgIpc) is 2.25. The standard InChI is InChI=1S/C9H10N2O5/c12-4-7(9(15)16)11-8(14)5-1-6(13)3-10-2-5/h1-3,7,12-13H,4H2,(H,11,14)(H,15,16)/p-1. The fraction of sp³-hybridized carbons (Fsp3) is 0.222. The summed E-state index contributed by atoms with van der Waals surface area (Å²) in [7, 11) is 0. The molecule has 1 unspecified atom stereocenters. The first-order valence-corrected chi connectivity index (χ1v) is 4.31. The second-order valence-electron chi connectivity index (χ2n) is 2.96. The molecular weight excluding hydrogens is 216 g/mol. The molecule has 1 amide bonds. The van der Waals surface area contributed by atoms with E-state index in [1.807, 2.05) is 5.32 Å². The summed E-state index contributed by atoms with van der Waals surface area (Å²) in [5, 5.41) is 30.1. The molecule has 86 valence electrons. The number of hydrogen-bond donors (Lipinski definition) is 3. The molecule has 0 spiro atoms. The van der Waals surface area contributed by atoms with Crippen molar-refractivity contribution in [3.63, 3.8) is 0 Å². The average molecular weight is 225 g/mol. The zero-order valence-corrected chi connectivity index (χ0v) is 8.08. The number of hydrogen-bond acceptors (Lipinski definition) is 6. The molecule has 0 aliphatic carbocycles. The van der Waals surface area contributed by atoms with Crippen molar-refractivity contribution in [3.8, 4) is 5.75 Å². The molecule has 16 heavy (non-hydrogen) atoms. The number of rotatable bonds is 4. The quantitative estimate of drug-likeness (QED) is 0.526. The van der Waals surface area contributed by atoms with Gasteiger partial charge in [-0.05, 0) is 6.07 Å². The third-order valence-electron chi connectivity index (χ3n) is 1.76. The molecule has 7 nitrogen and oxygen atoms in total. The highest BCUT2D eigenvalue weighted by Crippen LogP contribution is 2.08. The van der Waals surface area contributed by atoms with E-state index in [9.17, 15) is 14.7 Å². The maximum absolute atomic E-state index is 11.4. The fourth-order valence-electron chi connectivity index (χ4n) is 0.973. The van der Waals surface area contributed by atoms with E-state index in [1.165, 1.54) is 0 Å². The van der Waals surface area contributed by atoms with Crippen molar-refractivity contribution in [2.75, 3.05) is 6.61 Å². The van der Waals surface area contributed by atoms with Crippen molar-refractivity contribution in [2.45, 2.75) is 6.04 Å². The molecule has 1 atom stereocenters. The molecule has 1 aromatic rings. The number of aliphatic hydroxyl groups excluding tert-OH is 1. The van der Waals surface area contributed by atoms with Crippen LogP contribution in [0, 0.1) is 0 Å². The fourth-order valence-corrected chi connectivity index (χ4v) is 0.973. The van der Waals surface area contributed by atoms with Crippen molar-refractivity contribution in [1.29, 1.82) is 0 Å². The molecule has 1 heterocycles. The molecular formula is C9H9N2O5-. The molecule has 0 radical (unpaired) electrons. The molecule has 0 aliphatic rings. The van der Waals surface area contributed by atoms with E-state index >= 15 is 0 Å². The Morgan fingerprint density at radius 2 is 2.19 bits per heavy atom. The van der Waals surface area contributed by atoms with Gasteiger partial charge < -0.3 is 25.4 Å². The molecule has 0 aromatic carbocycles. The van der Waals surface area contributed by atoms with Crippen molar-refractivity contribution in [1.82, 2.24) is 10.3 Å². The van der Waals surface area contributed by atoms with Gasteiger partial charge in [-0.2, -0.15) is 0 Å². The van der Waals surface area contributed by atoms with Gasteiger partial charge >= 0.3 is 0 Å². The largest absolute Gasteiger partial charge is 0.548 e. The van der Waals surface area contributed by atoms with Gasteiger partial charge in [-0.3, -0.25) is 9.78 Å². The van der Waals surface area contributed by atoms with E-state index in [-0.39, 0.29) is 11.3 Å². The maximum atomic E-state index is 11.4. The first-order valence-electron chi connectivity index (χ1n) is 4.31. The summed E-state index contributed by atoms with van der Waals surface area (Å²) < 4.78 is 0. The van der Waals surface area contributed by atoms with Crippen LogP contribution in [0.25, 0.3) is 0 Å². The Morgan fingerprint density at radius 3 is 2.69 bits per heavy atom. The lowest BCUT2D eigenvalue weighted by molar-refractivity contribution is -0.308. The second-order valence-corrected chi connectivity index (χ2v) is 2.96. The number of aliphatic carboxylic acids is 1. The van der Waals surface area contributed by atoms with Gasteiger partial charge in [0, 0.05) is 6.20 Å². The van der Waals surface area contributed by atoms with Crippen molar-refractivity contribution in [3.05, 3.63) is 24.0 Å². The van der Waals surface area contributed by atoms with Crippen LogP contribution in [0.5, 0.6) is 5.75 Å². The van der Waals surface area contributed by atoms with Gasteiger partial charge in [0.05, 0.1) is 30.4 Å². The number of carboxylic acids is 1. The van der Waals surface area contributed by atoms with Gasteiger partial charge in [0.2, 0.25) is 0 Å². The number of carbonyl (C=O) groups excluding carboxylic acids is 2. The van der Waals surface area contributed by atoms with E-state index in [1.54, 1.807) is 0 Å². The lowest BCUT2D eigenvalue weighted by Gasteiger charge is -2.16. The maximum Gasteiger partial charge on any atom is 0.253 e. The van der Waals surface area contributed by atoms with E-state index < -0.39 is 24.5 Å². The third-order valence-corrected chi connectivity index (χ3v) is 1.76. The first-order chi connectivity index (χ1) is 7.54. The summed E-state index contributed by atoms with van der Waals surface area (Å²) >= 11 is 0. The minimum absolute atomic E-state index is 0.0142. The van der Waals surface area contributed by atoms with Crippen LogP contribution in [-0.4, -0.2) is 39.7 Å². The summed E-state index contributed by atoms with van der Waals surface area (Å²) in [5.74, 6) is -2.59. The SMILES string of the molecule is O=C(NC(CO)C(=O)[O-])c1cncc(O)c1. The summed E-state index contributed by atoms with van der Waals surface area (Å²) in [6.45, 7) is -0.777. The number of pyridine rings is 1. The number of aliphatic hydroxyl groups is 1. The molecule has 7 heteroatoms. The highest BCUT2D eigenvalue weighted by atomic mass is 16.4. The number of aromatic nitrogens is 1. The molecule has 0 bridgehead atoms. The first kappa shape index (κ1) is 11.9. The second kappa shape index (κ2) is 5.08. The van der Waals surface area contributed by atoms with Gasteiger partial charge in [-0.15, -0.1) is 0 Å². The van der Waals surface area contributed by atoms with Gasteiger partial charge in [-0.1, -0.05) is 0 Å². The van der Waals surface area contributed by atoms with Crippen LogP contribution >= 0.6 is 0 Å². The molecule has 0 fully saturated rings. The Bertz CT molecular complexity index is 407. The van der Waals surface area contributed by atoms with Crippen LogP contribution in [0.4, 0.5) is 0 Å². The Balaban J connectivity index is 2.75. The summed E-state index contributed by atoms with van der Waals surface area (Å²) in [6, 6.07) is -0.374. The van der Waals surface area contributed by atoms with Crippen molar-refractivity contribution < 1.29 is 24.9 Å². The van der Waals surface area contributed by atoms with Crippen LogP contribution in [0.1, 0.15) is 10.4 Å². The highest BCUT2D eigenvalue weighted by Gasteiger charge is 2.14. The summed E-state index contributed by atoms with van der Waals surface area (Å²) in [5.41, 5.74) is -0.0142. The zero-order valence-electron chi connectivity index (χ0n) is 8.08. The normalized spacial score (nSPS) is 11.8. The molecule has 0 aliphatic heterocycles. The van der Waals surface area contributed by atoms with Crippen LogP contribution in [-0.2, 0) is 4.79 Å². The van der Waals surface area contributed by atoms with Gasteiger partial charge in [0.1, 0.15) is 5.75 Å².